The zero-order valence-electron chi connectivity index (χ0n) is 8.14. The van der Waals surface area contributed by atoms with Crippen LogP contribution in [-0.4, -0.2) is 10.2 Å². The summed E-state index contributed by atoms with van der Waals surface area (Å²) in [7, 11) is 0. The Morgan fingerprint density at radius 1 is 1.54 bits per heavy atom. The van der Waals surface area contributed by atoms with E-state index in [1.165, 1.54) is 37.8 Å². The summed E-state index contributed by atoms with van der Waals surface area (Å²) in [5.74, 6) is 0.620. The number of aromatic nitrogens is 2. The number of H-pyrrole nitrogens is 1. The number of nitrogens with zero attached hydrogens (tertiary/aromatic N) is 1. The largest absolute Gasteiger partial charge is 0.382 e. The van der Waals surface area contributed by atoms with Gasteiger partial charge in [0, 0.05) is 17.2 Å². The molecule has 3 heteroatoms. The van der Waals surface area contributed by atoms with Gasteiger partial charge >= 0.3 is 0 Å². The molecule has 0 amide bonds. The third kappa shape index (κ3) is 1.32. The number of nitrogens with one attached hydrogen (secondary N) is 1. The van der Waals surface area contributed by atoms with E-state index in [4.69, 9.17) is 5.73 Å². The van der Waals surface area contributed by atoms with E-state index in [-0.39, 0.29) is 0 Å². The zero-order chi connectivity index (χ0) is 9.31. The van der Waals surface area contributed by atoms with Gasteiger partial charge in [-0.15, -0.1) is 0 Å². The molecule has 0 radical (unpaired) electrons. The number of aromatic amines is 1. The summed E-state index contributed by atoms with van der Waals surface area (Å²) in [4.78, 5) is 0. The molecule has 0 saturated heterocycles. The van der Waals surface area contributed by atoms with Gasteiger partial charge in [-0.25, -0.2) is 0 Å². The molecule has 0 spiro atoms. The molecule has 1 aliphatic rings. The smallest absolute Gasteiger partial charge is 0.145 e. The molecular weight excluding hydrogens is 162 g/mol. The fourth-order valence-electron chi connectivity index (χ4n) is 2.47. The highest BCUT2D eigenvalue weighted by Gasteiger charge is 2.35. The van der Waals surface area contributed by atoms with Gasteiger partial charge in [0.2, 0.25) is 0 Å². The molecule has 1 fully saturated rings. The minimum atomic E-state index is 0.352. The Labute approximate surface area is 78.7 Å². The van der Waals surface area contributed by atoms with Gasteiger partial charge in [-0.3, -0.25) is 5.10 Å². The van der Waals surface area contributed by atoms with E-state index < -0.39 is 0 Å². The van der Waals surface area contributed by atoms with Gasteiger partial charge in [-0.2, -0.15) is 5.10 Å². The molecule has 0 unspecified atom stereocenters. The molecule has 1 aromatic rings. The first-order chi connectivity index (χ1) is 6.27. The van der Waals surface area contributed by atoms with Crippen LogP contribution in [0.2, 0.25) is 0 Å². The van der Waals surface area contributed by atoms with Crippen LogP contribution in [0.4, 0.5) is 5.82 Å². The number of hydrogen-bond acceptors (Lipinski definition) is 2. The van der Waals surface area contributed by atoms with Crippen molar-refractivity contribution in [3.05, 3.63) is 11.8 Å². The summed E-state index contributed by atoms with van der Waals surface area (Å²) >= 11 is 0. The van der Waals surface area contributed by atoms with Gasteiger partial charge in [0.05, 0.1) is 0 Å². The summed E-state index contributed by atoms with van der Waals surface area (Å²) in [6.07, 6.45) is 6.43. The van der Waals surface area contributed by atoms with Crippen LogP contribution in [0, 0.1) is 0 Å². The molecule has 13 heavy (non-hydrogen) atoms. The number of nitrogens with two attached hydrogens (primary N) is 1. The average molecular weight is 179 g/mol. The van der Waals surface area contributed by atoms with Crippen molar-refractivity contribution in [2.75, 3.05) is 5.73 Å². The topological polar surface area (TPSA) is 54.7 Å². The van der Waals surface area contributed by atoms with Crippen molar-refractivity contribution in [2.45, 2.75) is 44.4 Å². The summed E-state index contributed by atoms with van der Waals surface area (Å²) in [6, 6.07) is 1.99. The maximum Gasteiger partial charge on any atom is 0.145 e. The molecule has 0 atom stereocenters. The van der Waals surface area contributed by atoms with Crippen molar-refractivity contribution >= 4 is 5.82 Å². The Morgan fingerprint density at radius 3 is 2.69 bits per heavy atom. The lowest BCUT2D eigenvalue weighted by Gasteiger charge is -2.25. The third-order valence-electron chi connectivity index (χ3n) is 3.41. The highest BCUT2D eigenvalue weighted by atomic mass is 15.2. The third-order valence-corrected chi connectivity index (χ3v) is 3.41. The molecule has 3 N–H and O–H groups in total. The van der Waals surface area contributed by atoms with Gasteiger partial charge in [-0.05, 0) is 19.3 Å². The van der Waals surface area contributed by atoms with E-state index >= 15 is 0 Å². The van der Waals surface area contributed by atoms with Crippen LogP contribution in [-0.2, 0) is 5.41 Å². The summed E-state index contributed by atoms with van der Waals surface area (Å²) in [6.45, 7) is 2.25. The molecule has 1 aromatic heterocycles. The molecular formula is C10H17N3. The Balaban J connectivity index is 2.30. The molecule has 2 rings (SSSR count). The van der Waals surface area contributed by atoms with Gasteiger partial charge < -0.3 is 5.73 Å². The van der Waals surface area contributed by atoms with Crippen LogP contribution in [0.25, 0.3) is 0 Å². The van der Waals surface area contributed by atoms with Crippen molar-refractivity contribution in [3.63, 3.8) is 0 Å². The van der Waals surface area contributed by atoms with Crippen LogP contribution in [0.15, 0.2) is 6.07 Å². The highest BCUT2D eigenvalue weighted by molar-refractivity contribution is 5.33. The average Bonchev–Trinajstić information content (AvgIpc) is 2.73. The Morgan fingerprint density at radius 2 is 2.23 bits per heavy atom. The van der Waals surface area contributed by atoms with Crippen LogP contribution in [0.1, 0.15) is 44.7 Å². The minimum absolute atomic E-state index is 0.352. The van der Waals surface area contributed by atoms with Crippen molar-refractivity contribution in [1.29, 1.82) is 0 Å². The van der Waals surface area contributed by atoms with Gasteiger partial charge in [-0.1, -0.05) is 19.8 Å². The SMILES string of the molecule is CCC1(c2cc(N)n[nH]2)CCCC1. The summed E-state index contributed by atoms with van der Waals surface area (Å²) in [5, 5.41) is 7.07. The first kappa shape index (κ1) is 8.60. The van der Waals surface area contributed by atoms with Crippen molar-refractivity contribution in [1.82, 2.24) is 10.2 Å². The van der Waals surface area contributed by atoms with Crippen molar-refractivity contribution in [3.8, 4) is 0 Å². The fourth-order valence-corrected chi connectivity index (χ4v) is 2.47. The molecule has 3 nitrogen and oxygen atoms in total. The predicted octanol–water partition coefficient (Wildman–Crippen LogP) is 2.21. The van der Waals surface area contributed by atoms with Crippen LogP contribution >= 0.6 is 0 Å². The van der Waals surface area contributed by atoms with Gasteiger partial charge in [0.1, 0.15) is 5.82 Å². The summed E-state index contributed by atoms with van der Waals surface area (Å²) < 4.78 is 0. The number of rotatable bonds is 2. The Hall–Kier alpha value is -0.990. The molecule has 72 valence electrons. The number of hydrogen-bond donors (Lipinski definition) is 2. The van der Waals surface area contributed by atoms with E-state index in [2.05, 4.69) is 17.1 Å². The standard InChI is InChI=1S/C10H17N3/c1-2-10(5-3-4-6-10)8-7-9(11)13-12-8/h7H,2-6H2,1H3,(H3,11,12,13). The van der Waals surface area contributed by atoms with E-state index in [0.717, 1.165) is 0 Å². The molecule has 1 saturated carbocycles. The first-order valence-electron chi connectivity index (χ1n) is 5.08. The zero-order valence-corrected chi connectivity index (χ0v) is 8.14. The van der Waals surface area contributed by atoms with Crippen LogP contribution < -0.4 is 5.73 Å². The maximum absolute atomic E-state index is 5.62. The quantitative estimate of drug-likeness (QED) is 0.731. The van der Waals surface area contributed by atoms with E-state index in [1.54, 1.807) is 0 Å². The minimum Gasteiger partial charge on any atom is -0.382 e. The van der Waals surface area contributed by atoms with Gasteiger partial charge in [0.25, 0.3) is 0 Å². The van der Waals surface area contributed by atoms with E-state index in [1.807, 2.05) is 6.07 Å². The Bertz CT molecular complexity index is 284. The predicted molar refractivity (Wildman–Crippen MR) is 53.4 cm³/mol. The second-order valence-corrected chi connectivity index (χ2v) is 4.05. The maximum atomic E-state index is 5.62. The highest BCUT2D eigenvalue weighted by Crippen LogP contribution is 2.42. The molecule has 0 bridgehead atoms. The monoisotopic (exact) mass is 179 g/mol. The Kier molecular flexibility index (Phi) is 2.02. The second-order valence-electron chi connectivity index (χ2n) is 4.05. The van der Waals surface area contributed by atoms with E-state index in [9.17, 15) is 0 Å². The molecule has 0 aromatic carbocycles. The number of nitrogen functional groups attached to an aromatic ring is 1. The van der Waals surface area contributed by atoms with Crippen LogP contribution in [0.3, 0.4) is 0 Å². The molecule has 1 heterocycles. The van der Waals surface area contributed by atoms with Crippen LogP contribution in [0.5, 0.6) is 0 Å². The van der Waals surface area contributed by atoms with Crippen molar-refractivity contribution < 1.29 is 0 Å². The lowest BCUT2D eigenvalue weighted by atomic mass is 9.80. The first-order valence-corrected chi connectivity index (χ1v) is 5.08. The fraction of sp³-hybridized carbons (Fsp3) is 0.700. The lowest BCUT2D eigenvalue weighted by molar-refractivity contribution is 0.411. The summed E-state index contributed by atoms with van der Waals surface area (Å²) in [5.41, 5.74) is 7.21. The molecule has 1 aliphatic carbocycles. The lowest BCUT2D eigenvalue weighted by Crippen LogP contribution is -2.21. The second kappa shape index (κ2) is 3.05. The van der Waals surface area contributed by atoms with Crippen molar-refractivity contribution in [2.24, 2.45) is 0 Å². The molecule has 0 aliphatic heterocycles. The van der Waals surface area contributed by atoms with Gasteiger partial charge in [0.15, 0.2) is 0 Å². The number of anilines is 1. The normalized spacial score (nSPS) is 20.7. The van der Waals surface area contributed by atoms with E-state index in [0.29, 0.717) is 11.2 Å².